The molecule has 1 atom stereocenters. The van der Waals surface area contributed by atoms with E-state index in [1.807, 2.05) is 13.8 Å². The second-order valence-electron chi connectivity index (χ2n) is 6.21. The summed E-state index contributed by atoms with van der Waals surface area (Å²) in [6.07, 6.45) is 1.37. The molecule has 0 aliphatic carbocycles. The van der Waals surface area contributed by atoms with Gasteiger partial charge in [0.25, 0.3) is 0 Å². The average Bonchev–Trinajstić information content (AvgIpc) is 3.04. The summed E-state index contributed by atoms with van der Waals surface area (Å²) in [6, 6.07) is 5.60. The number of hydrogen-bond donors (Lipinski definition) is 1. The fourth-order valence-electron chi connectivity index (χ4n) is 2.49. The van der Waals surface area contributed by atoms with Gasteiger partial charge in [-0.1, -0.05) is 43.9 Å². The number of amides is 1. The normalized spacial score (nSPS) is 12.6. The zero-order valence-electron chi connectivity index (χ0n) is 16.4. The van der Waals surface area contributed by atoms with Gasteiger partial charge in [0.2, 0.25) is 21.1 Å². The minimum Gasteiger partial charge on any atom is -0.497 e. The Morgan fingerprint density at radius 3 is 2.43 bits per heavy atom. The van der Waals surface area contributed by atoms with E-state index in [4.69, 9.17) is 4.74 Å². The highest BCUT2D eigenvalue weighted by Crippen LogP contribution is 2.29. The van der Waals surface area contributed by atoms with Crippen molar-refractivity contribution < 1.29 is 17.9 Å². The van der Waals surface area contributed by atoms with Crippen molar-refractivity contribution in [1.82, 2.24) is 10.2 Å². The van der Waals surface area contributed by atoms with Gasteiger partial charge >= 0.3 is 0 Å². The van der Waals surface area contributed by atoms with Crippen molar-refractivity contribution >= 4 is 49.8 Å². The Kier molecular flexibility index (Phi) is 7.67. The maximum Gasteiger partial charge on any atom is 0.250 e. The molecule has 0 aliphatic heterocycles. The Balaban J connectivity index is 2.27. The number of rotatable bonds is 9. The molecule has 28 heavy (non-hydrogen) atoms. The van der Waals surface area contributed by atoms with Gasteiger partial charge < -0.3 is 4.74 Å². The maximum absolute atomic E-state index is 12.8. The van der Waals surface area contributed by atoms with Gasteiger partial charge in [-0.25, -0.2) is 8.42 Å². The summed E-state index contributed by atoms with van der Waals surface area (Å²) in [4.78, 5) is 12.8. The molecule has 0 aliphatic rings. The Morgan fingerprint density at radius 1 is 1.29 bits per heavy atom. The maximum atomic E-state index is 12.8. The molecule has 0 unspecified atom stereocenters. The third kappa shape index (κ3) is 5.82. The first-order valence-corrected chi connectivity index (χ1v) is 12.1. The number of hydrogen-bond acceptors (Lipinski definition) is 8. The lowest BCUT2D eigenvalue weighted by molar-refractivity contribution is -0.117. The summed E-state index contributed by atoms with van der Waals surface area (Å²) in [5, 5.41) is 11.4. The van der Waals surface area contributed by atoms with Gasteiger partial charge in [-0.2, -0.15) is 0 Å². The highest BCUT2D eigenvalue weighted by atomic mass is 32.2. The lowest BCUT2D eigenvalue weighted by Gasteiger charge is -2.29. The first-order valence-electron chi connectivity index (χ1n) is 8.60. The number of aromatic nitrogens is 2. The minimum atomic E-state index is -3.70. The second kappa shape index (κ2) is 9.57. The molecule has 0 fully saturated rings. The number of anilines is 2. The van der Waals surface area contributed by atoms with E-state index in [0.29, 0.717) is 21.8 Å². The van der Waals surface area contributed by atoms with Crippen LogP contribution in [0.2, 0.25) is 0 Å². The summed E-state index contributed by atoms with van der Waals surface area (Å²) < 4.78 is 31.9. The van der Waals surface area contributed by atoms with Crippen LogP contribution in [0.3, 0.4) is 0 Å². The molecule has 2 rings (SSSR count). The third-order valence-electron chi connectivity index (χ3n) is 3.63. The minimum absolute atomic E-state index is 0.289. The number of nitrogens with one attached hydrogen (secondary N) is 1. The van der Waals surface area contributed by atoms with Crippen molar-refractivity contribution in [3.63, 3.8) is 0 Å². The van der Waals surface area contributed by atoms with Crippen LogP contribution < -0.4 is 14.4 Å². The molecule has 0 saturated carbocycles. The first-order chi connectivity index (χ1) is 13.2. The zero-order valence-corrected chi connectivity index (χ0v) is 18.8. The van der Waals surface area contributed by atoms with E-state index in [2.05, 4.69) is 15.5 Å². The van der Waals surface area contributed by atoms with E-state index < -0.39 is 22.0 Å². The number of sulfonamides is 1. The summed E-state index contributed by atoms with van der Waals surface area (Å²) in [5.41, 5.74) is 0.388. The SMILES string of the molecule is CC[C@@H](C(=O)Nc1nnc(SC(C)C)s1)N(c1ccc(OC)cc1)S(C)(=O)=O. The zero-order chi connectivity index (χ0) is 20.9. The molecule has 0 spiro atoms. The van der Waals surface area contributed by atoms with Gasteiger partial charge in [-0.15, -0.1) is 10.2 Å². The molecule has 0 saturated heterocycles. The van der Waals surface area contributed by atoms with Crippen LogP contribution >= 0.6 is 23.1 Å². The van der Waals surface area contributed by atoms with E-state index >= 15 is 0 Å². The lowest BCUT2D eigenvalue weighted by atomic mass is 10.2. The van der Waals surface area contributed by atoms with Gasteiger partial charge in [0.15, 0.2) is 4.34 Å². The predicted octanol–water partition coefficient (Wildman–Crippen LogP) is 3.23. The number of carbonyl (C=O) groups is 1. The van der Waals surface area contributed by atoms with E-state index in [0.717, 1.165) is 14.9 Å². The quantitative estimate of drug-likeness (QED) is 0.468. The Labute approximate surface area is 173 Å². The number of nitrogens with zero attached hydrogens (tertiary/aromatic N) is 3. The predicted molar refractivity (Wildman–Crippen MR) is 114 cm³/mol. The van der Waals surface area contributed by atoms with Crippen LogP contribution in [0.25, 0.3) is 0 Å². The molecular weight excluding hydrogens is 420 g/mol. The molecule has 11 heteroatoms. The van der Waals surface area contributed by atoms with Crippen molar-refractivity contribution in [2.24, 2.45) is 0 Å². The third-order valence-corrected chi connectivity index (χ3v) is 6.74. The molecule has 1 amide bonds. The van der Waals surface area contributed by atoms with Gasteiger partial charge in [-0.05, 0) is 30.7 Å². The molecule has 1 aromatic heterocycles. The van der Waals surface area contributed by atoms with Crippen LogP contribution in [0.15, 0.2) is 28.6 Å². The number of carbonyl (C=O) groups excluding carboxylic acids is 1. The molecular formula is C17H24N4O4S3. The molecule has 0 radical (unpaired) electrons. The topological polar surface area (TPSA) is 101 Å². The standard InChI is InChI=1S/C17H24N4O4S3/c1-6-14(15(22)18-16-19-20-17(27-16)26-11(2)3)21(28(5,23)24)12-7-9-13(25-4)10-8-12/h7-11,14H,6H2,1-5H3,(H,18,19,22)/t14-/m0/s1. The van der Waals surface area contributed by atoms with Gasteiger partial charge in [0, 0.05) is 5.25 Å². The average molecular weight is 445 g/mol. The molecule has 154 valence electrons. The van der Waals surface area contributed by atoms with Crippen LogP contribution in [0.5, 0.6) is 5.75 Å². The van der Waals surface area contributed by atoms with Gasteiger partial charge in [-0.3, -0.25) is 14.4 Å². The molecule has 2 aromatic rings. The number of thioether (sulfide) groups is 1. The highest BCUT2D eigenvalue weighted by molar-refractivity contribution is 8.01. The largest absolute Gasteiger partial charge is 0.497 e. The van der Waals surface area contributed by atoms with Crippen LogP contribution in [-0.2, 0) is 14.8 Å². The number of benzene rings is 1. The molecule has 1 N–H and O–H groups in total. The molecule has 8 nitrogen and oxygen atoms in total. The van der Waals surface area contributed by atoms with Crippen molar-refractivity contribution in [2.45, 2.75) is 42.8 Å². The summed E-state index contributed by atoms with van der Waals surface area (Å²) in [7, 11) is -2.17. The van der Waals surface area contributed by atoms with Crippen LogP contribution in [0, 0.1) is 0 Å². The summed E-state index contributed by atoms with van der Waals surface area (Å²) in [5.74, 6) is 0.139. The summed E-state index contributed by atoms with van der Waals surface area (Å²) in [6.45, 7) is 5.83. The molecule has 1 aromatic carbocycles. The lowest BCUT2D eigenvalue weighted by Crippen LogP contribution is -2.46. The molecule has 0 bridgehead atoms. The monoisotopic (exact) mass is 444 g/mol. The fraction of sp³-hybridized carbons (Fsp3) is 0.471. The summed E-state index contributed by atoms with van der Waals surface area (Å²) >= 11 is 2.81. The number of methoxy groups -OCH3 is 1. The van der Waals surface area contributed by atoms with Crippen molar-refractivity contribution in [3.8, 4) is 5.75 Å². The van der Waals surface area contributed by atoms with Crippen molar-refractivity contribution in [1.29, 1.82) is 0 Å². The van der Waals surface area contributed by atoms with Gasteiger partial charge in [0.1, 0.15) is 11.8 Å². The Hall–Kier alpha value is -1.85. The Morgan fingerprint density at radius 2 is 1.93 bits per heavy atom. The first kappa shape index (κ1) is 22.4. The van der Waals surface area contributed by atoms with Gasteiger partial charge in [0.05, 0.1) is 19.1 Å². The fourth-order valence-corrected chi connectivity index (χ4v) is 5.68. The Bertz CT molecular complexity index is 897. The van der Waals surface area contributed by atoms with E-state index in [1.54, 1.807) is 43.0 Å². The van der Waals surface area contributed by atoms with Crippen molar-refractivity contribution in [2.75, 3.05) is 23.0 Å². The molecule has 1 heterocycles. The second-order valence-corrected chi connectivity index (χ2v) is 10.9. The van der Waals surface area contributed by atoms with Crippen LogP contribution in [0.1, 0.15) is 27.2 Å². The van der Waals surface area contributed by atoms with E-state index in [-0.39, 0.29) is 6.42 Å². The number of ether oxygens (including phenoxy) is 1. The smallest absolute Gasteiger partial charge is 0.250 e. The van der Waals surface area contributed by atoms with Crippen molar-refractivity contribution in [3.05, 3.63) is 24.3 Å². The van der Waals surface area contributed by atoms with Crippen LogP contribution in [-0.4, -0.2) is 49.2 Å². The van der Waals surface area contributed by atoms with Crippen LogP contribution in [0.4, 0.5) is 10.8 Å². The van der Waals surface area contributed by atoms with E-state index in [9.17, 15) is 13.2 Å². The highest BCUT2D eigenvalue weighted by Gasteiger charge is 2.32. The van der Waals surface area contributed by atoms with E-state index in [1.165, 1.54) is 18.4 Å².